The van der Waals surface area contributed by atoms with Crippen molar-refractivity contribution in [3.63, 3.8) is 0 Å². The predicted molar refractivity (Wildman–Crippen MR) is 55.7 cm³/mol. The van der Waals surface area contributed by atoms with E-state index in [0.29, 0.717) is 0 Å². The molecular formula is C11H21NO. The molecule has 0 saturated carbocycles. The smallest absolute Gasteiger partial charge is 0.0612 e. The van der Waals surface area contributed by atoms with Gasteiger partial charge in [-0.3, -0.25) is 4.90 Å². The molecule has 1 aliphatic rings. The van der Waals surface area contributed by atoms with Gasteiger partial charge < -0.3 is 5.11 Å². The number of likely N-dealkylation sites (tertiary alicyclic amines) is 1. The first kappa shape index (κ1) is 10.7. The number of hydrogen-bond donors (Lipinski definition) is 1. The lowest BCUT2D eigenvalue weighted by Crippen LogP contribution is -2.52. The third-order valence-corrected chi connectivity index (χ3v) is 2.96. The molecule has 0 radical (unpaired) electrons. The number of piperidine rings is 1. The zero-order chi connectivity index (χ0) is 9.90. The van der Waals surface area contributed by atoms with Crippen LogP contribution in [-0.2, 0) is 0 Å². The van der Waals surface area contributed by atoms with Crippen LogP contribution < -0.4 is 0 Å². The van der Waals surface area contributed by atoms with E-state index in [-0.39, 0.29) is 12.1 Å². The maximum absolute atomic E-state index is 9.36. The van der Waals surface area contributed by atoms with Gasteiger partial charge in [-0.15, -0.1) is 0 Å². The molecule has 0 aromatic heterocycles. The first-order valence-corrected chi connectivity index (χ1v) is 5.09. The molecule has 0 spiro atoms. The van der Waals surface area contributed by atoms with Crippen molar-refractivity contribution >= 4 is 0 Å². The quantitative estimate of drug-likeness (QED) is 0.674. The zero-order valence-electron chi connectivity index (χ0n) is 8.84. The van der Waals surface area contributed by atoms with E-state index in [4.69, 9.17) is 0 Å². The van der Waals surface area contributed by atoms with Gasteiger partial charge in [-0.25, -0.2) is 0 Å². The van der Waals surface area contributed by atoms with E-state index in [1.807, 2.05) is 6.92 Å². The summed E-state index contributed by atoms with van der Waals surface area (Å²) in [6, 6.07) is 0. The molecule has 2 heteroatoms. The Bertz CT molecular complexity index is 191. The molecular weight excluding hydrogens is 162 g/mol. The Hall–Kier alpha value is -0.340. The minimum Gasteiger partial charge on any atom is -0.394 e. The minimum atomic E-state index is -0.00278. The highest BCUT2D eigenvalue weighted by Gasteiger charge is 2.33. The SMILES string of the molecule is C=C(C)CN1CCCCC1(C)CO. The van der Waals surface area contributed by atoms with Crippen LogP contribution in [0.2, 0.25) is 0 Å². The molecule has 1 aliphatic heterocycles. The van der Waals surface area contributed by atoms with Crippen molar-refractivity contribution in [2.45, 2.75) is 38.6 Å². The van der Waals surface area contributed by atoms with Gasteiger partial charge in [-0.2, -0.15) is 0 Å². The molecule has 0 aliphatic carbocycles. The molecule has 1 atom stereocenters. The molecule has 1 N–H and O–H groups in total. The van der Waals surface area contributed by atoms with Crippen molar-refractivity contribution in [3.8, 4) is 0 Å². The highest BCUT2D eigenvalue weighted by Crippen LogP contribution is 2.27. The summed E-state index contributed by atoms with van der Waals surface area (Å²) in [4.78, 5) is 2.36. The molecule has 0 aromatic carbocycles. The van der Waals surface area contributed by atoms with Crippen LogP contribution in [0.25, 0.3) is 0 Å². The second kappa shape index (κ2) is 4.25. The predicted octanol–water partition coefficient (Wildman–Crippen LogP) is 1.80. The Kier molecular flexibility index (Phi) is 3.51. The van der Waals surface area contributed by atoms with Crippen LogP contribution in [0.5, 0.6) is 0 Å². The average Bonchev–Trinajstić information content (AvgIpc) is 2.09. The van der Waals surface area contributed by atoms with Crippen molar-refractivity contribution in [1.82, 2.24) is 4.90 Å². The molecule has 1 saturated heterocycles. The number of hydrogen-bond acceptors (Lipinski definition) is 2. The normalized spacial score (nSPS) is 30.4. The van der Waals surface area contributed by atoms with Crippen molar-refractivity contribution in [1.29, 1.82) is 0 Å². The van der Waals surface area contributed by atoms with Crippen LogP contribution in [0.1, 0.15) is 33.1 Å². The Morgan fingerprint density at radius 2 is 2.23 bits per heavy atom. The molecule has 1 heterocycles. The number of nitrogens with zero attached hydrogens (tertiary/aromatic N) is 1. The molecule has 1 fully saturated rings. The van der Waals surface area contributed by atoms with Gasteiger partial charge in [0.1, 0.15) is 0 Å². The van der Waals surface area contributed by atoms with E-state index in [1.54, 1.807) is 0 Å². The van der Waals surface area contributed by atoms with E-state index in [9.17, 15) is 5.11 Å². The van der Waals surface area contributed by atoms with E-state index in [2.05, 4.69) is 18.4 Å². The first-order chi connectivity index (χ1) is 6.08. The Morgan fingerprint density at radius 1 is 1.54 bits per heavy atom. The van der Waals surface area contributed by atoms with E-state index in [1.165, 1.54) is 18.4 Å². The molecule has 1 unspecified atom stereocenters. The number of aliphatic hydroxyl groups excluding tert-OH is 1. The molecule has 0 amide bonds. The molecule has 0 aromatic rings. The van der Waals surface area contributed by atoms with Crippen molar-refractivity contribution in [2.75, 3.05) is 19.7 Å². The highest BCUT2D eigenvalue weighted by atomic mass is 16.3. The number of rotatable bonds is 3. The summed E-state index contributed by atoms with van der Waals surface area (Å²) in [6.07, 6.45) is 3.60. The third-order valence-electron chi connectivity index (χ3n) is 2.96. The number of aliphatic hydroxyl groups is 1. The lowest BCUT2D eigenvalue weighted by molar-refractivity contribution is 0.0193. The second-order valence-electron chi connectivity index (χ2n) is 4.49. The van der Waals surface area contributed by atoms with Gasteiger partial charge in [-0.1, -0.05) is 18.6 Å². The van der Waals surface area contributed by atoms with Crippen LogP contribution in [0.15, 0.2) is 12.2 Å². The topological polar surface area (TPSA) is 23.5 Å². The summed E-state index contributed by atoms with van der Waals surface area (Å²) < 4.78 is 0. The van der Waals surface area contributed by atoms with Crippen LogP contribution in [0.3, 0.4) is 0 Å². The Labute approximate surface area is 81.2 Å². The van der Waals surface area contributed by atoms with Gasteiger partial charge in [0, 0.05) is 12.1 Å². The molecule has 13 heavy (non-hydrogen) atoms. The summed E-state index contributed by atoms with van der Waals surface area (Å²) in [5.41, 5.74) is 1.18. The zero-order valence-corrected chi connectivity index (χ0v) is 8.84. The molecule has 2 nitrogen and oxygen atoms in total. The Morgan fingerprint density at radius 3 is 2.77 bits per heavy atom. The van der Waals surface area contributed by atoms with Gasteiger partial charge in [0.25, 0.3) is 0 Å². The monoisotopic (exact) mass is 183 g/mol. The molecule has 76 valence electrons. The fraction of sp³-hybridized carbons (Fsp3) is 0.818. The Balaban J connectivity index is 2.61. The van der Waals surface area contributed by atoms with Crippen molar-refractivity contribution in [3.05, 3.63) is 12.2 Å². The standard InChI is InChI=1S/C11H21NO/c1-10(2)8-12-7-5-4-6-11(12,3)9-13/h13H,1,4-9H2,2-3H3. The highest BCUT2D eigenvalue weighted by molar-refractivity contribution is 4.98. The maximum Gasteiger partial charge on any atom is 0.0612 e. The van der Waals surface area contributed by atoms with E-state index >= 15 is 0 Å². The van der Waals surface area contributed by atoms with E-state index < -0.39 is 0 Å². The van der Waals surface area contributed by atoms with Crippen LogP contribution >= 0.6 is 0 Å². The maximum atomic E-state index is 9.36. The van der Waals surface area contributed by atoms with Gasteiger partial charge in [0.15, 0.2) is 0 Å². The summed E-state index contributed by atoms with van der Waals surface area (Å²) in [7, 11) is 0. The second-order valence-corrected chi connectivity index (χ2v) is 4.49. The fourth-order valence-corrected chi connectivity index (χ4v) is 2.01. The lowest BCUT2D eigenvalue weighted by atomic mass is 9.89. The van der Waals surface area contributed by atoms with E-state index in [0.717, 1.165) is 19.5 Å². The van der Waals surface area contributed by atoms with Gasteiger partial charge >= 0.3 is 0 Å². The fourth-order valence-electron chi connectivity index (χ4n) is 2.01. The molecule has 0 bridgehead atoms. The average molecular weight is 183 g/mol. The largest absolute Gasteiger partial charge is 0.394 e. The van der Waals surface area contributed by atoms with Gasteiger partial charge in [0.05, 0.1) is 6.61 Å². The third kappa shape index (κ3) is 2.55. The van der Waals surface area contributed by atoms with Crippen LogP contribution in [0.4, 0.5) is 0 Å². The lowest BCUT2D eigenvalue weighted by Gasteiger charge is -2.44. The summed E-state index contributed by atoms with van der Waals surface area (Å²) in [5, 5.41) is 9.36. The van der Waals surface area contributed by atoms with Crippen molar-refractivity contribution in [2.24, 2.45) is 0 Å². The molecule has 1 rings (SSSR count). The van der Waals surface area contributed by atoms with Gasteiger partial charge in [0.2, 0.25) is 0 Å². The summed E-state index contributed by atoms with van der Waals surface area (Å²) in [6.45, 7) is 10.4. The summed E-state index contributed by atoms with van der Waals surface area (Å²) >= 11 is 0. The summed E-state index contributed by atoms with van der Waals surface area (Å²) in [5.74, 6) is 0. The minimum absolute atomic E-state index is 0.00278. The first-order valence-electron chi connectivity index (χ1n) is 5.09. The van der Waals surface area contributed by atoms with Crippen LogP contribution in [0, 0.1) is 0 Å². The van der Waals surface area contributed by atoms with Crippen molar-refractivity contribution < 1.29 is 5.11 Å². The van der Waals surface area contributed by atoms with Gasteiger partial charge in [-0.05, 0) is 33.2 Å². The van der Waals surface area contributed by atoms with Crippen LogP contribution in [-0.4, -0.2) is 35.2 Å².